The van der Waals surface area contributed by atoms with Crippen LogP contribution in [-0.2, 0) is 24.4 Å². The van der Waals surface area contributed by atoms with Gasteiger partial charge in [-0.3, -0.25) is 24.6 Å². The van der Waals surface area contributed by atoms with Gasteiger partial charge >= 0.3 is 0 Å². The van der Waals surface area contributed by atoms with E-state index in [1.54, 1.807) is 36.4 Å². The SMILES string of the molecule is C=CCc1cc(C=C2SC(=O)N(Cc3cccc([N+](=O)[O-])c3)C2=O)cc(OCC)c1OCc1ccc(Cl)cc1. The van der Waals surface area contributed by atoms with Gasteiger partial charge in [-0.1, -0.05) is 41.9 Å². The van der Waals surface area contributed by atoms with Crippen LogP contribution in [0.4, 0.5) is 10.5 Å². The topological polar surface area (TPSA) is 99.0 Å². The molecule has 0 N–H and O–H groups in total. The quantitative estimate of drug-likeness (QED) is 0.105. The lowest BCUT2D eigenvalue weighted by atomic mass is 10.0. The van der Waals surface area contributed by atoms with Gasteiger partial charge in [-0.05, 0) is 72.1 Å². The van der Waals surface area contributed by atoms with Crippen LogP contribution in [0.25, 0.3) is 6.08 Å². The molecule has 1 fully saturated rings. The standard InChI is InChI=1S/C29H25ClN2O6S/c1-3-6-22-13-21(15-25(37-4-2)27(22)38-18-19-9-11-23(30)12-10-19)16-26-28(33)31(29(34)39-26)17-20-7-5-8-24(14-20)32(35)36/h3,5,7-16H,1,4,6,17-18H2,2H3. The highest BCUT2D eigenvalue weighted by atomic mass is 35.5. The molecule has 0 bridgehead atoms. The van der Waals surface area contributed by atoms with Gasteiger partial charge in [-0.25, -0.2) is 0 Å². The van der Waals surface area contributed by atoms with Crippen molar-refractivity contribution >= 4 is 46.3 Å². The van der Waals surface area contributed by atoms with E-state index in [4.69, 9.17) is 21.1 Å². The molecule has 200 valence electrons. The van der Waals surface area contributed by atoms with E-state index in [0.717, 1.165) is 27.8 Å². The molecule has 0 aliphatic carbocycles. The maximum Gasteiger partial charge on any atom is 0.293 e. The molecule has 8 nitrogen and oxygen atoms in total. The first-order valence-corrected chi connectivity index (χ1v) is 13.2. The molecule has 4 rings (SSSR count). The van der Waals surface area contributed by atoms with Crippen LogP contribution in [0.3, 0.4) is 0 Å². The number of benzene rings is 3. The molecule has 2 amide bonds. The van der Waals surface area contributed by atoms with Crippen LogP contribution in [0, 0.1) is 10.1 Å². The van der Waals surface area contributed by atoms with Gasteiger partial charge in [0.25, 0.3) is 16.8 Å². The van der Waals surface area contributed by atoms with E-state index in [0.29, 0.717) is 47.3 Å². The van der Waals surface area contributed by atoms with E-state index in [9.17, 15) is 19.7 Å². The van der Waals surface area contributed by atoms with Crippen LogP contribution in [0.2, 0.25) is 5.02 Å². The summed E-state index contributed by atoms with van der Waals surface area (Å²) in [5.74, 6) is 0.610. The van der Waals surface area contributed by atoms with E-state index in [1.165, 1.54) is 18.2 Å². The second-order valence-corrected chi connectivity index (χ2v) is 9.97. The van der Waals surface area contributed by atoms with Crippen LogP contribution in [0.15, 0.2) is 78.2 Å². The number of amides is 2. The molecule has 0 aromatic heterocycles. The van der Waals surface area contributed by atoms with Gasteiger partial charge in [0, 0.05) is 22.7 Å². The molecule has 0 atom stereocenters. The lowest BCUT2D eigenvalue weighted by Crippen LogP contribution is -2.27. The Labute approximate surface area is 235 Å². The summed E-state index contributed by atoms with van der Waals surface area (Å²) in [6, 6.07) is 16.9. The number of imide groups is 1. The Hall–Kier alpha value is -4.08. The average Bonchev–Trinajstić information content (AvgIpc) is 3.17. The van der Waals surface area contributed by atoms with Gasteiger partial charge in [0.2, 0.25) is 0 Å². The molecule has 0 spiro atoms. The maximum absolute atomic E-state index is 13.1. The predicted molar refractivity (Wildman–Crippen MR) is 152 cm³/mol. The summed E-state index contributed by atoms with van der Waals surface area (Å²) >= 11 is 6.80. The van der Waals surface area contributed by atoms with Crippen molar-refractivity contribution in [2.45, 2.75) is 26.5 Å². The van der Waals surface area contributed by atoms with Gasteiger partial charge in [0.15, 0.2) is 11.5 Å². The van der Waals surface area contributed by atoms with Crippen molar-refractivity contribution in [2.75, 3.05) is 6.61 Å². The number of allylic oxidation sites excluding steroid dienone is 1. The first kappa shape index (κ1) is 27.9. The Morgan fingerprint density at radius 2 is 1.85 bits per heavy atom. The lowest BCUT2D eigenvalue weighted by molar-refractivity contribution is -0.384. The molecule has 10 heteroatoms. The van der Waals surface area contributed by atoms with E-state index in [1.807, 2.05) is 25.1 Å². The number of non-ortho nitro benzene ring substituents is 1. The molecule has 0 radical (unpaired) electrons. The summed E-state index contributed by atoms with van der Waals surface area (Å²) in [6.45, 7) is 6.34. The fraction of sp³-hybridized carbons (Fsp3) is 0.172. The van der Waals surface area contributed by atoms with Crippen molar-refractivity contribution in [3.8, 4) is 11.5 Å². The minimum absolute atomic E-state index is 0.0624. The van der Waals surface area contributed by atoms with Gasteiger partial charge in [-0.2, -0.15) is 0 Å². The number of rotatable bonds is 11. The molecule has 1 aliphatic rings. The number of nitro groups is 1. The predicted octanol–water partition coefficient (Wildman–Crippen LogP) is 7.19. The second-order valence-electron chi connectivity index (χ2n) is 8.54. The first-order valence-electron chi connectivity index (χ1n) is 12.1. The average molecular weight is 565 g/mol. The third-order valence-electron chi connectivity index (χ3n) is 5.75. The molecular weight excluding hydrogens is 540 g/mol. The van der Waals surface area contributed by atoms with Crippen molar-refractivity contribution in [3.63, 3.8) is 0 Å². The number of carbonyl (C=O) groups is 2. The van der Waals surface area contributed by atoms with Crippen LogP contribution in [-0.4, -0.2) is 27.6 Å². The zero-order valence-corrected chi connectivity index (χ0v) is 22.7. The number of nitrogens with zero attached hydrogens (tertiary/aromatic N) is 2. The van der Waals surface area contributed by atoms with Crippen LogP contribution < -0.4 is 9.47 Å². The van der Waals surface area contributed by atoms with Crippen molar-refractivity contribution in [1.29, 1.82) is 0 Å². The van der Waals surface area contributed by atoms with Crippen LogP contribution >= 0.6 is 23.4 Å². The summed E-state index contributed by atoms with van der Waals surface area (Å²) in [6.07, 6.45) is 3.87. The van der Waals surface area contributed by atoms with Gasteiger partial charge in [-0.15, -0.1) is 6.58 Å². The van der Waals surface area contributed by atoms with Gasteiger partial charge in [0.1, 0.15) is 6.61 Å². The summed E-state index contributed by atoms with van der Waals surface area (Å²) in [5.41, 5.74) is 2.79. The normalized spacial score (nSPS) is 14.1. The molecule has 0 saturated carbocycles. The van der Waals surface area contributed by atoms with Crippen molar-refractivity contribution in [3.05, 3.63) is 116 Å². The lowest BCUT2D eigenvalue weighted by Gasteiger charge is -2.17. The molecule has 3 aromatic carbocycles. The molecule has 39 heavy (non-hydrogen) atoms. The van der Waals surface area contributed by atoms with Crippen molar-refractivity contribution in [1.82, 2.24) is 4.90 Å². The summed E-state index contributed by atoms with van der Waals surface area (Å²) < 4.78 is 12.0. The first-order chi connectivity index (χ1) is 18.8. The molecule has 1 saturated heterocycles. The van der Waals surface area contributed by atoms with Gasteiger partial charge < -0.3 is 9.47 Å². The number of thioether (sulfide) groups is 1. The number of carbonyl (C=O) groups excluding carboxylic acids is 2. The molecule has 1 aliphatic heterocycles. The van der Waals surface area contributed by atoms with E-state index in [-0.39, 0.29) is 17.1 Å². The maximum atomic E-state index is 13.1. The van der Waals surface area contributed by atoms with Crippen molar-refractivity contribution in [2.24, 2.45) is 0 Å². The van der Waals surface area contributed by atoms with E-state index in [2.05, 4.69) is 6.58 Å². The highest BCUT2D eigenvalue weighted by Crippen LogP contribution is 2.38. The Morgan fingerprint density at radius 3 is 2.54 bits per heavy atom. The van der Waals surface area contributed by atoms with Crippen molar-refractivity contribution < 1.29 is 24.0 Å². The fourth-order valence-electron chi connectivity index (χ4n) is 3.98. The molecular formula is C29H25ClN2O6S. The minimum atomic E-state index is -0.517. The highest BCUT2D eigenvalue weighted by molar-refractivity contribution is 8.18. The fourth-order valence-corrected chi connectivity index (χ4v) is 4.94. The zero-order valence-electron chi connectivity index (χ0n) is 21.1. The number of halogens is 1. The van der Waals surface area contributed by atoms with E-state index < -0.39 is 16.1 Å². The van der Waals surface area contributed by atoms with Crippen LogP contribution in [0.5, 0.6) is 11.5 Å². The van der Waals surface area contributed by atoms with Gasteiger partial charge in [0.05, 0.1) is 23.0 Å². The second kappa shape index (κ2) is 12.6. The third kappa shape index (κ3) is 6.87. The summed E-state index contributed by atoms with van der Waals surface area (Å²) in [5, 5.41) is 11.3. The number of nitro benzene ring substituents is 1. The number of hydrogen-bond acceptors (Lipinski definition) is 7. The molecule has 1 heterocycles. The number of ether oxygens (including phenoxy) is 2. The monoisotopic (exact) mass is 564 g/mol. The minimum Gasteiger partial charge on any atom is -0.490 e. The zero-order chi connectivity index (χ0) is 27.9. The Kier molecular flexibility index (Phi) is 9.06. The largest absolute Gasteiger partial charge is 0.490 e. The molecule has 3 aromatic rings. The Morgan fingerprint density at radius 1 is 1.08 bits per heavy atom. The third-order valence-corrected chi connectivity index (χ3v) is 6.91. The number of hydrogen-bond donors (Lipinski definition) is 0. The highest BCUT2D eigenvalue weighted by Gasteiger charge is 2.35. The molecule has 0 unspecified atom stereocenters. The Balaban J connectivity index is 1.60. The van der Waals surface area contributed by atoms with E-state index >= 15 is 0 Å². The smallest absolute Gasteiger partial charge is 0.293 e. The Bertz CT molecular complexity index is 1450. The summed E-state index contributed by atoms with van der Waals surface area (Å²) in [4.78, 5) is 37.7. The summed E-state index contributed by atoms with van der Waals surface area (Å²) in [7, 11) is 0. The van der Waals surface area contributed by atoms with Crippen LogP contribution in [0.1, 0.15) is 29.2 Å².